The van der Waals surface area contributed by atoms with Gasteiger partial charge >= 0.3 is 6.03 Å². The second-order valence-electron chi connectivity index (χ2n) is 9.12. The summed E-state index contributed by atoms with van der Waals surface area (Å²) in [7, 11) is 0. The third-order valence-electron chi connectivity index (χ3n) is 5.27. The Morgan fingerprint density at radius 2 is 1.79 bits per heavy atom. The van der Waals surface area contributed by atoms with Crippen molar-refractivity contribution in [1.29, 1.82) is 0 Å². The molecule has 4 nitrogen and oxygen atoms in total. The number of hydrogen-bond acceptors (Lipinski definition) is 2. The van der Waals surface area contributed by atoms with Crippen LogP contribution in [-0.4, -0.2) is 18.2 Å². The molecule has 1 aliphatic rings. The quantitative estimate of drug-likeness (QED) is 0.699. The lowest BCUT2D eigenvalue weighted by Crippen LogP contribution is -2.43. The van der Waals surface area contributed by atoms with Crippen molar-refractivity contribution in [3.05, 3.63) is 58.1 Å². The van der Waals surface area contributed by atoms with E-state index < -0.39 is 0 Å². The summed E-state index contributed by atoms with van der Waals surface area (Å²) < 4.78 is 6.02. The fourth-order valence-electron chi connectivity index (χ4n) is 3.82. The van der Waals surface area contributed by atoms with Gasteiger partial charge < -0.3 is 15.4 Å². The molecule has 1 heterocycles. The van der Waals surface area contributed by atoms with Crippen LogP contribution < -0.4 is 15.4 Å². The number of benzene rings is 2. The van der Waals surface area contributed by atoms with Gasteiger partial charge in [0.15, 0.2) is 0 Å². The maximum Gasteiger partial charge on any atom is 0.319 e. The average molecular weight is 381 g/mol. The fraction of sp³-hybridized carbons (Fsp3) is 0.458. The van der Waals surface area contributed by atoms with Gasteiger partial charge in [-0.3, -0.25) is 0 Å². The number of aryl methyl sites for hydroxylation is 1. The van der Waals surface area contributed by atoms with E-state index >= 15 is 0 Å². The zero-order chi connectivity index (χ0) is 20.6. The summed E-state index contributed by atoms with van der Waals surface area (Å²) in [6.07, 6.45) is 0. The minimum atomic E-state index is -0.285. The van der Waals surface area contributed by atoms with E-state index in [2.05, 4.69) is 55.7 Å². The largest absolute Gasteiger partial charge is 0.492 e. The van der Waals surface area contributed by atoms with Crippen LogP contribution in [0.1, 0.15) is 74.3 Å². The number of anilines is 1. The summed E-state index contributed by atoms with van der Waals surface area (Å²) in [6.45, 7) is 15.0. The molecule has 0 spiro atoms. The van der Waals surface area contributed by atoms with Crippen LogP contribution in [0.5, 0.6) is 5.75 Å². The molecule has 4 heteroatoms. The molecule has 0 aliphatic carbocycles. The van der Waals surface area contributed by atoms with Gasteiger partial charge in [0.2, 0.25) is 0 Å². The Hall–Kier alpha value is -2.49. The van der Waals surface area contributed by atoms with Crippen LogP contribution in [0.15, 0.2) is 30.3 Å². The third kappa shape index (κ3) is 4.16. The number of carbonyl (C=O) groups is 1. The number of nitrogens with one attached hydrogen (secondary N) is 2. The fourth-order valence-corrected chi connectivity index (χ4v) is 3.82. The van der Waals surface area contributed by atoms with Gasteiger partial charge in [-0.1, -0.05) is 38.1 Å². The Morgan fingerprint density at radius 1 is 1.14 bits per heavy atom. The summed E-state index contributed by atoms with van der Waals surface area (Å²) in [4.78, 5) is 12.4. The summed E-state index contributed by atoms with van der Waals surface area (Å²) in [6, 6.07) is 10.7. The number of ether oxygens (including phenoxy) is 1. The summed E-state index contributed by atoms with van der Waals surface area (Å²) in [5, 5.41) is 6.02. The lowest BCUT2D eigenvalue weighted by Gasteiger charge is -2.23. The molecule has 150 valence electrons. The van der Waals surface area contributed by atoms with E-state index in [0.29, 0.717) is 12.5 Å². The van der Waals surface area contributed by atoms with Crippen molar-refractivity contribution in [2.24, 2.45) is 0 Å². The van der Waals surface area contributed by atoms with E-state index in [1.807, 2.05) is 33.8 Å². The number of carbonyl (C=O) groups excluding carboxylic acids is 1. The molecule has 1 atom stereocenters. The van der Waals surface area contributed by atoms with E-state index in [1.165, 1.54) is 16.7 Å². The second-order valence-corrected chi connectivity index (χ2v) is 9.12. The summed E-state index contributed by atoms with van der Waals surface area (Å²) >= 11 is 0. The van der Waals surface area contributed by atoms with Crippen LogP contribution in [-0.2, 0) is 0 Å². The Labute approximate surface area is 168 Å². The standard InChI is InChI=1S/C24H32N2O2/c1-14(2)17-8-10-18(11-9-17)19-13-28-20-12-15(3)22(16(4)21(19)20)25-23(27)26-24(5,6)7/h8-12,14,19H,13H2,1-7H3,(H2,25,26,27)/t19-/m1/s1. The van der Waals surface area contributed by atoms with E-state index in [4.69, 9.17) is 4.74 Å². The molecule has 0 fully saturated rings. The van der Waals surface area contributed by atoms with Gasteiger partial charge in [-0.05, 0) is 68.9 Å². The topological polar surface area (TPSA) is 50.4 Å². The van der Waals surface area contributed by atoms with Crippen molar-refractivity contribution >= 4 is 11.7 Å². The van der Waals surface area contributed by atoms with Gasteiger partial charge in [0.1, 0.15) is 5.75 Å². The molecule has 1 aliphatic heterocycles. The maximum atomic E-state index is 12.4. The van der Waals surface area contributed by atoms with Gasteiger partial charge in [-0.25, -0.2) is 4.79 Å². The molecule has 28 heavy (non-hydrogen) atoms. The van der Waals surface area contributed by atoms with Crippen LogP contribution in [0.4, 0.5) is 10.5 Å². The maximum absolute atomic E-state index is 12.4. The Kier molecular flexibility index (Phi) is 5.42. The molecule has 0 unspecified atom stereocenters. The van der Waals surface area contributed by atoms with E-state index in [1.54, 1.807) is 0 Å². The van der Waals surface area contributed by atoms with Crippen LogP contribution in [0.3, 0.4) is 0 Å². The molecular weight excluding hydrogens is 348 g/mol. The lowest BCUT2D eigenvalue weighted by atomic mass is 9.87. The van der Waals surface area contributed by atoms with E-state index in [9.17, 15) is 4.79 Å². The number of rotatable bonds is 3. The predicted octanol–water partition coefficient (Wildman–Crippen LogP) is 5.87. The number of amides is 2. The van der Waals surface area contributed by atoms with Gasteiger partial charge in [0, 0.05) is 22.7 Å². The first-order valence-electron chi connectivity index (χ1n) is 10.0. The first-order chi connectivity index (χ1) is 13.1. The molecule has 2 aromatic carbocycles. The van der Waals surface area contributed by atoms with Crippen molar-refractivity contribution in [3.8, 4) is 5.75 Å². The van der Waals surface area contributed by atoms with Crippen molar-refractivity contribution in [3.63, 3.8) is 0 Å². The highest BCUT2D eigenvalue weighted by molar-refractivity contribution is 5.92. The van der Waals surface area contributed by atoms with Gasteiger partial charge in [-0.15, -0.1) is 0 Å². The van der Waals surface area contributed by atoms with Crippen LogP contribution >= 0.6 is 0 Å². The SMILES string of the molecule is Cc1cc2c(c(C)c1NC(=O)NC(C)(C)C)[C@@H](c1ccc(C(C)C)cc1)CO2. The molecule has 0 saturated carbocycles. The number of urea groups is 1. The molecule has 0 saturated heterocycles. The highest BCUT2D eigenvalue weighted by atomic mass is 16.5. The minimum Gasteiger partial charge on any atom is -0.492 e. The molecular formula is C24H32N2O2. The normalized spacial score (nSPS) is 15.9. The zero-order valence-electron chi connectivity index (χ0n) is 18.1. The van der Waals surface area contributed by atoms with Gasteiger partial charge in [0.05, 0.1) is 6.61 Å². The lowest BCUT2D eigenvalue weighted by molar-refractivity contribution is 0.243. The first-order valence-corrected chi connectivity index (χ1v) is 10.0. The van der Waals surface area contributed by atoms with Crippen LogP contribution in [0.2, 0.25) is 0 Å². The molecule has 0 radical (unpaired) electrons. The van der Waals surface area contributed by atoms with Gasteiger partial charge in [-0.2, -0.15) is 0 Å². The Balaban J connectivity index is 1.94. The molecule has 2 amide bonds. The molecule has 0 aromatic heterocycles. The average Bonchev–Trinajstić information content (AvgIpc) is 3.01. The number of hydrogen-bond donors (Lipinski definition) is 2. The second kappa shape index (κ2) is 7.50. The first kappa shape index (κ1) is 20.2. The molecule has 2 aromatic rings. The molecule has 2 N–H and O–H groups in total. The van der Waals surface area contributed by atoms with Crippen molar-refractivity contribution in [2.75, 3.05) is 11.9 Å². The third-order valence-corrected chi connectivity index (χ3v) is 5.27. The Bertz CT molecular complexity index is 877. The summed E-state index contributed by atoms with van der Waals surface area (Å²) in [5.74, 6) is 1.63. The smallest absolute Gasteiger partial charge is 0.319 e. The summed E-state index contributed by atoms with van der Waals surface area (Å²) in [5.41, 5.74) is 6.44. The van der Waals surface area contributed by atoms with Crippen LogP contribution in [0.25, 0.3) is 0 Å². The minimum absolute atomic E-state index is 0.183. The highest BCUT2D eigenvalue weighted by Gasteiger charge is 2.30. The van der Waals surface area contributed by atoms with Crippen molar-refractivity contribution < 1.29 is 9.53 Å². The van der Waals surface area contributed by atoms with Gasteiger partial charge in [0.25, 0.3) is 0 Å². The van der Waals surface area contributed by atoms with Crippen molar-refractivity contribution in [2.45, 2.75) is 65.8 Å². The monoisotopic (exact) mass is 380 g/mol. The zero-order valence-corrected chi connectivity index (χ0v) is 18.1. The highest BCUT2D eigenvalue weighted by Crippen LogP contribution is 2.44. The van der Waals surface area contributed by atoms with E-state index in [-0.39, 0.29) is 17.5 Å². The van der Waals surface area contributed by atoms with E-state index in [0.717, 1.165) is 22.6 Å². The Morgan fingerprint density at radius 3 is 2.36 bits per heavy atom. The van der Waals surface area contributed by atoms with Crippen molar-refractivity contribution in [1.82, 2.24) is 5.32 Å². The predicted molar refractivity (Wildman–Crippen MR) is 116 cm³/mol. The molecule has 3 rings (SSSR count). The molecule has 0 bridgehead atoms. The number of fused-ring (bicyclic) bond motifs is 1. The van der Waals surface area contributed by atoms with Crippen LogP contribution in [0, 0.1) is 13.8 Å².